The number of amides is 3. The number of hydrogen-bond acceptors (Lipinski definition) is 5. The maximum atomic E-state index is 12.4. The number of benzene rings is 1. The van der Waals surface area contributed by atoms with Gasteiger partial charge in [0, 0.05) is 38.5 Å². The third-order valence-corrected chi connectivity index (χ3v) is 5.22. The van der Waals surface area contributed by atoms with Gasteiger partial charge in [-0.1, -0.05) is 30.3 Å². The Hall–Kier alpha value is -2.74. The Morgan fingerprint density at radius 2 is 1.70 bits per heavy atom. The fourth-order valence-corrected chi connectivity index (χ4v) is 3.65. The van der Waals surface area contributed by atoms with Crippen molar-refractivity contribution in [2.24, 2.45) is 0 Å². The van der Waals surface area contributed by atoms with Crippen LogP contribution in [0, 0.1) is 0 Å². The molecule has 0 bridgehead atoms. The molecule has 142 valence electrons. The zero-order valence-corrected chi connectivity index (χ0v) is 16.0. The second-order valence-electron chi connectivity index (χ2n) is 6.42. The van der Waals surface area contributed by atoms with Crippen LogP contribution in [0.25, 0.3) is 0 Å². The SMILES string of the molecule is CC(=O)N1CCN(C(=O)Cc2csc(NC(=O)Cc3ccccc3)n2)CC1. The molecule has 3 rings (SSSR count). The van der Waals surface area contributed by atoms with Gasteiger partial charge in [0.25, 0.3) is 0 Å². The van der Waals surface area contributed by atoms with E-state index in [9.17, 15) is 14.4 Å². The van der Waals surface area contributed by atoms with Gasteiger partial charge in [-0.2, -0.15) is 0 Å². The molecule has 27 heavy (non-hydrogen) atoms. The lowest BCUT2D eigenvalue weighted by molar-refractivity contribution is -0.138. The van der Waals surface area contributed by atoms with E-state index in [4.69, 9.17) is 0 Å². The van der Waals surface area contributed by atoms with Gasteiger partial charge in [-0.3, -0.25) is 14.4 Å². The zero-order chi connectivity index (χ0) is 19.2. The predicted octanol–water partition coefficient (Wildman–Crippen LogP) is 1.56. The van der Waals surface area contributed by atoms with Crippen LogP contribution in [-0.4, -0.2) is 58.7 Å². The van der Waals surface area contributed by atoms with Crippen molar-refractivity contribution in [1.82, 2.24) is 14.8 Å². The molecule has 1 aromatic carbocycles. The van der Waals surface area contributed by atoms with Gasteiger partial charge in [0.1, 0.15) is 0 Å². The molecule has 1 N–H and O–H groups in total. The Kier molecular flexibility index (Phi) is 6.18. The van der Waals surface area contributed by atoms with E-state index in [1.54, 1.807) is 22.1 Å². The van der Waals surface area contributed by atoms with Crippen LogP contribution in [0.4, 0.5) is 5.13 Å². The van der Waals surface area contributed by atoms with Crippen LogP contribution in [0.5, 0.6) is 0 Å². The van der Waals surface area contributed by atoms with Crippen molar-refractivity contribution in [3.63, 3.8) is 0 Å². The summed E-state index contributed by atoms with van der Waals surface area (Å²) in [6.45, 7) is 3.77. The van der Waals surface area contributed by atoms with E-state index in [2.05, 4.69) is 10.3 Å². The number of anilines is 1. The summed E-state index contributed by atoms with van der Waals surface area (Å²) in [5.74, 6) is -0.100. The Morgan fingerprint density at radius 1 is 1.04 bits per heavy atom. The minimum atomic E-state index is -0.131. The molecular formula is C19H22N4O3S. The molecule has 0 saturated carbocycles. The first-order valence-electron chi connectivity index (χ1n) is 8.83. The first kappa shape index (κ1) is 19.0. The van der Waals surface area contributed by atoms with Gasteiger partial charge < -0.3 is 15.1 Å². The standard InChI is InChI=1S/C19H22N4O3S/c1-14(24)22-7-9-23(10-8-22)18(26)12-16-13-27-19(20-16)21-17(25)11-15-5-3-2-4-6-15/h2-6,13H,7-12H2,1H3,(H,20,21,25). The molecule has 1 aliphatic heterocycles. The fraction of sp³-hybridized carbons (Fsp3) is 0.368. The van der Waals surface area contributed by atoms with E-state index in [-0.39, 0.29) is 30.6 Å². The second kappa shape index (κ2) is 8.77. The van der Waals surface area contributed by atoms with Crippen LogP contribution in [-0.2, 0) is 27.2 Å². The highest BCUT2D eigenvalue weighted by Gasteiger charge is 2.23. The van der Waals surface area contributed by atoms with Crippen molar-refractivity contribution in [3.8, 4) is 0 Å². The molecule has 0 atom stereocenters. The number of rotatable bonds is 5. The summed E-state index contributed by atoms with van der Waals surface area (Å²) in [6.07, 6.45) is 0.486. The number of piperazine rings is 1. The molecule has 0 radical (unpaired) electrons. The Bertz CT molecular complexity index is 813. The topological polar surface area (TPSA) is 82.6 Å². The molecule has 1 saturated heterocycles. The van der Waals surface area contributed by atoms with E-state index in [1.165, 1.54) is 11.3 Å². The van der Waals surface area contributed by atoms with E-state index in [0.717, 1.165) is 5.56 Å². The zero-order valence-electron chi connectivity index (χ0n) is 15.2. The molecule has 8 heteroatoms. The van der Waals surface area contributed by atoms with Gasteiger partial charge in [0.05, 0.1) is 18.5 Å². The van der Waals surface area contributed by atoms with Crippen molar-refractivity contribution >= 4 is 34.2 Å². The minimum Gasteiger partial charge on any atom is -0.339 e. The van der Waals surface area contributed by atoms with Gasteiger partial charge in [-0.15, -0.1) is 11.3 Å². The number of aromatic nitrogens is 1. The molecular weight excluding hydrogens is 364 g/mol. The molecule has 0 spiro atoms. The first-order valence-corrected chi connectivity index (χ1v) is 9.70. The summed E-state index contributed by atoms with van der Waals surface area (Å²) in [5, 5.41) is 5.07. The monoisotopic (exact) mass is 386 g/mol. The molecule has 1 aliphatic rings. The van der Waals surface area contributed by atoms with Gasteiger partial charge in [0.15, 0.2) is 5.13 Å². The Balaban J connectivity index is 1.48. The largest absolute Gasteiger partial charge is 0.339 e. The lowest BCUT2D eigenvalue weighted by Gasteiger charge is -2.34. The predicted molar refractivity (Wildman–Crippen MR) is 103 cm³/mol. The van der Waals surface area contributed by atoms with Gasteiger partial charge >= 0.3 is 0 Å². The van der Waals surface area contributed by atoms with Crippen LogP contribution in [0.1, 0.15) is 18.2 Å². The summed E-state index contributed by atoms with van der Waals surface area (Å²) in [5.41, 5.74) is 1.58. The van der Waals surface area contributed by atoms with Crippen molar-refractivity contribution in [2.75, 3.05) is 31.5 Å². The van der Waals surface area contributed by atoms with Crippen molar-refractivity contribution in [1.29, 1.82) is 0 Å². The Morgan fingerprint density at radius 3 is 2.37 bits per heavy atom. The van der Waals surface area contributed by atoms with Crippen molar-refractivity contribution < 1.29 is 14.4 Å². The van der Waals surface area contributed by atoms with Crippen LogP contribution >= 0.6 is 11.3 Å². The first-order chi connectivity index (χ1) is 13.0. The van der Waals surface area contributed by atoms with Crippen LogP contribution < -0.4 is 5.32 Å². The molecule has 7 nitrogen and oxygen atoms in total. The number of carbonyl (C=O) groups excluding carboxylic acids is 3. The lowest BCUT2D eigenvalue weighted by Crippen LogP contribution is -2.50. The average molecular weight is 386 g/mol. The third-order valence-electron chi connectivity index (χ3n) is 4.42. The smallest absolute Gasteiger partial charge is 0.230 e. The third kappa shape index (κ3) is 5.37. The minimum absolute atomic E-state index is 0.00864. The van der Waals surface area contributed by atoms with Crippen LogP contribution in [0.3, 0.4) is 0 Å². The molecule has 2 aromatic rings. The average Bonchev–Trinajstić information content (AvgIpc) is 3.09. The number of nitrogens with one attached hydrogen (secondary N) is 1. The number of carbonyl (C=O) groups is 3. The van der Waals surface area contributed by atoms with E-state index < -0.39 is 0 Å². The second-order valence-corrected chi connectivity index (χ2v) is 7.28. The van der Waals surface area contributed by atoms with Crippen LogP contribution in [0.15, 0.2) is 35.7 Å². The maximum absolute atomic E-state index is 12.4. The normalized spacial score (nSPS) is 14.1. The fourth-order valence-electron chi connectivity index (χ4n) is 2.93. The number of hydrogen-bond donors (Lipinski definition) is 1. The lowest BCUT2D eigenvalue weighted by atomic mass is 10.1. The molecule has 1 fully saturated rings. The van der Waals surface area contributed by atoms with E-state index in [1.807, 2.05) is 30.3 Å². The summed E-state index contributed by atoms with van der Waals surface area (Å²) < 4.78 is 0. The highest BCUT2D eigenvalue weighted by molar-refractivity contribution is 7.13. The molecule has 0 aliphatic carbocycles. The molecule has 0 unspecified atom stereocenters. The summed E-state index contributed by atoms with van der Waals surface area (Å²) in [4.78, 5) is 43.7. The quantitative estimate of drug-likeness (QED) is 0.845. The Labute approximate surface area is 162 Å². The molecule has 1 aromatic heterocycles. The molecule has 3 amide bonds. The number of nitrogens with zero attached hydrogens (tertiary/aromatic N) is 3. The number of thiazole rings is 1. The highest BCUT2D eigenvalue weighted by atomic mass is 32.1. The van der Waals surface area contributed by atoms with Gasteiger partial charge in [-0.25, -0.2) is 4.98 Å². The van der Waals surface area contributed by atoms with Gasteiger partial charge in [0.2, 0.25) is 17.7 Å². The van der Waals surface area contributed by atoms with E-state index in [0.29, 0.717) is 37.0 Å². The van der Waals surface area contributed by atoms with Gasteiger partial charge in [-0.05, 0) is 5.56 Å². The van der Waals surface area contributed by atoms with E-state index >= 15 is 0 Å². The molecule has 2 heterocycles. The van der Waals surface area contributed by atoms with Crippen LogP contribution in [0.2, 0.25) is 0 Å². The summed E-state index contributed by atoms with van der Waals surface area (Å²) in [6, 6.07) is 9.50. The summed E-state index contributed by atoms with van der Waals surface area (Å²) >= 11 is 1.31. The summed E-state index contributed by atoms with van der Waals surface area (Å²) in [7, 11) is 0. The van der Waals surface area contributed by atoms with Crippen molar-refractivity contribution in [2.45, 2.75) is 19.8 Å². The highest BCUT2D eigenvalue weighted by Crippen LogP contribution is 2.17. The maximum Gasteiger partial charge on any atom is 0.230 e. The van der Waals surface area contributed by atoms with Crippen molar-refractivity contribution in [3.05, 3.63) is 47.0 Å².